The first kappa shape index (κ1) is 14.7. The van der Waals surface area contributed by atoms with E-state index in [-0.39, 0.29) is 0 Å². The highest BCUT2D eigenvalue weighted by atomic mass is 32.1. The minimum atomic E-state index is 0.648. The van der Waals surface area contributed by atoms with Crippen LogP contribution in [0.1, 0.15) is 5.56 Å². The van der Waals surface area contributed by atoms with Crippen LogP contribution in [0.3, 0.4) is 0 Å². The summed E-state index contributed by atoms with van der Waals surface area (Å²) in [6.45, 7) is 2.15. The maximum Gasteiger partial charge on any atom is 0.166 e. The standard InChI is InChI=1S/C15H19N3OS/c1-19-11-10-18-15(20)17-9-7-13-5-2-4-12-6-3-8-16-14(12)13/h2-6,8H,7,9-11H2,1H3,(H2,17,18,20). The lowest BCUT2D eigenvalue weighted by atomic mass is 10.1. The van der Waals surface area contributed by atoms with Crippen LogP contribution in [-0.2, 0) is 11.2 Å². The van der Waals surface area contributed by atoms with Crippen molar-refractivity contribution in [3.8, 4) is 0 Å². The molecule has 20 heavy (non-hydrogen) atoms. The van der Waals surface area contributed by atoms with Gasteiger partial charge in [-0.25, -0.2) is 0 Å². The highest BCUT2D eigenvalue weighted by molar-refractivity contribution is 7.80. The molecule has 1 aromatic carbocycles. The highest BCUT2D eigenvalue weighted by Gasteiger charge is 2.02. The first-order valence-electron chi connectivity index (χ1n) is 6.64. The van der Waals surface area contributed by atoms with Gasteiger partial charge in [0.15, 0.2) is 5.11 Å². The minimum absolute atomic E-state index is 0.648. The zero-order valence-corrected chi connectivity index (χ0v) is 12.4. The van der Waals surface area contributed by atoms with Gasteiger partial charge in [0.1, 0.15) is 0 Å². The Morgan fingerprint density at radius 1 is 1.20 bits per heavy atom. The van der Waals surface area contributed by atoms with E-state index < -0.39 is 0 Å². The summed E-state index contributed by atoms with van der Waals surface area (Å²) in [7, 11) is 1.67. The van der Waals surface area contributed by atoms with E-state index in [4.69, 9.17) is 17.0 Å². The van der Waals surface area contributed by atoms with Crippen molar-refractivity contribution < 1.29 is 4.74 Å². The van der Waals surface area contributed by atoms with Gasteiger partial charge in [0, 0.05) is 31.8 Å². The average molecular weight is 289 g/mol. The number of hydrogen-bond donors (Lipinski definition) is 2. The van der Waals surface area contributed by atoms with Crippen LogP contribution >= 0.6 is 12.2 Å². The second-order valence-electron chi connectivity index (χ2n) is 4.42. The molecule has 0 aliphatic heterocycles. The molecule has 4 nitrogen and oxygen atoms in total. The summed E-state index contributed by atoms with van der Waals surface area (Å²) in [6.07, 6.45) is 2.72. The summed E-state index contributed by atoms with van der Waals surface area (Å²) >= 11 is 5.19. The third kappa shape index (κ3) is 4.15. The molecule has 0 aliphatic carbocycles. The van der Waals surface area contributed by atoms with Crippen LogP contribution in [0.15, 0.2) is 36.5 Å². The number of aromatic nitrogens is 1. The van der Waals surface area contributed by atoms with Gasteiger partial charge in [-0.05, 0) is 30.3 Å². The summed E-state index contributed by atoms with van der Waals surface area (Å²) in [5, 5.41) is 8.11. The lowest BCUT2D eigenvalue weighted by Gasteiger charge is -2.10. The molecule has 1 heterocycles. The van der Waals surface area contributed by atoms with E-state index >= 15 is 0 Å². The number of ether oxygens (including phenoxy) is 1. The summed E-state index contributed by atoms with van der Waals surface area (Å²) < 4.78 is 4.96. The summed E-state index contributed by atoms with van der Waals surface area (Å²) in [5.41, 5.74) is 2.30. The molecule has 0 radical (unpaired) electrons. The Kier molecular flexibility index (Phi) is 5.70. The number of nitrogens with one attached hydrogen (secondary N) is 2. The molecule has 0 saturated heterocycles. The number of hydrogen-bond acceptors (Lipinski definition) is 3. The number of para-hydroxylation sites is 1. The number of rotatable bonds is 6. The Bertz CT molecular complexity index is 569. The first-order chi connectivity index (χ1) is 9.81. The number of pyridine rings is 1. The molecular weight excluding hydrogens is 270 g/mol. The average Bonchev–Trinajstić information content (AvgIpc) is 2.48. The molecule has 0 aliphatic rings. The van der Waals surface area contributed by atoms with Crippen molar-refractivity contribution in [2.24, 2.45) is 0 Å². The number of thiocarbonyl (C=S) groups is 1. The highest BCUT2D eigenvalue weighted by Crippen LogP contribution is 2.15. The Hall–Kier alpha value is -1.72. The van der Waals surface area contributed by atoms with E-state index in [1.165, 1.54) is 10.9 Å². The number of benzene rings is 1. The third-order valence-electron chi connectivity index (χ3n) is 2.99. The van der Waals surface area contributed by atoms with Crippen molar-refractivity contribution in [2.45, 2.75) is 6.42 Å². The second-order valence-corrected chi connectivity index (χ2v) is 4.83. The minimum Gasteiger partial charge on any atom is -0.383 e. The molecule has 1 aromatic heterocycles. The van der Waals surface area contributed by atoms with Gasteiger partial charge in [0.2, 0.25) is 0 Å². The zero-order valence-electron chi connectivity index (χ0n) is 11.6. The van der Waals surface area contributed by atoms with Crippen LogP contribution in [-0.4, -0.2) is 36.9 Å². The van der Waals surface area contributed by atoms with E-state index in [0.29, 0.717) is 11.7 Å². The molecule has 2 aromatic rings. The number of methoxy groups -OCH3 is 1. The molecule has 0 atom stereocenters. The number of fused-ring (bicyclic) bond motifs is 1. The predicted molar refractivity (Wildman–Crippen MR) is 85.9 cm³/mol. The monoisotopic (exact) mass is 289 g/mol. The van der Waals surface area contributed by atoms with E-state index in [9.17, 15) is 0 Å². The van der Waals surface area contributed by atoms with E-state index in [1.54, 1.807) is 7.11 Å². The van der Waals surface area contributed by atoms with Gasteiger partial charge in [0.25, 0.3) is 0 Å². The van der Waals surface area contributed by atoms with Gasteiger partial charge in [-0.2, -0.15) is 0 Å². The fourth-order valence-electron chi connectivity index (χ4n) is 2.01. The SMILES string of the molecule is COCCNC(=S)NCCc1cccc2cccnc12. The van der Waals surface area contributed by atoms with Crippen molar-refractivity contribution in [1.29, 1.82) is 0 Å². The molecule has 0 amide bonds. The lowest BCUT2D eigenvalue weighted by molar-refractivity contribution is 0.204. The van der Waals surface area contributed by atoms with Gasteiger partial charge >= 0.3 is 0 Å². The molecule has 0 bridgehead atoms. The van der Waals surface area contributed by atoms with E-state index in [0.717, 1.165) is 25.0 Å². The molecule has 0 unspecified atom stereocenters. The molecule has 2 rings (SSSR count). The van der Waals surface area contributed by atoms with Crippen molar-refractivity contribution >= 4 is 28.2 Å². The normalized spacial score (nSPS) is 10.4. The summed E-state index contributed by atoms with van der Waals surface area (Å²) in [4.78, 5) is 4.45. The molecule has 106 valence electrons. The zero-order chi connectivity index (χ0) is 14.2. The van der Waals surface area contributed by atoms with Crippen LogP contribution in [0, 0.1) is 0 Å². The van der Waals surface area contributed by atoms with Crippen molar-refractivity contribution in [1.82, 2.24) is 15.6 Å². The fraction of sp³-hybridized carbons (Fsp3) is 0.333. The van der Waals surface area contributed by atoms with Crippen LogP contribution in [0.5, 0.6) is 0 Å². The van der Waals surface area contributed by atoms with Gasteiger partial charge in [-0.3, -0.25) is 4.98 Å². The quantitative estimate of drug-likeness (QED) is 0.628. The maximum atomic E-state index is 5.19. The van der Waals surface area contributed by atoms with Crippen molar-refractivity contribution in [3.05, 3.63) is 42.1 Å². The Morgan fingerprint density at radius 2 is 2.00 bits per heavy atom. The smallest absolute Gasteiger partial charge is 0.166 e. The maximum absolute atomic E-state index is 5.19. The molecule has 5 heteroatoms. The van der Waals surface area contributed by atoms with E-state index in [2.05, 4.69) is 39.9 Å². The Labute approximate surface area is 124 Å². The van der Waals surface area contributed by atoms with Crippen molar-refractivity contribution in [2.75, 3.05) is 26.8 Å². The van der Waals surface area contributed by atoms with Gasteiger partial charge in [-0.15, -0.1) is 0 Å². The third-order valence-corrected chi connectivity index (χ3v) is 3.28. The lowest BCUT2D eigenvalue weighted by Crippen LogP contribution is -2.37. The largest absolute Gasteiger partial charge is 0.383 e. The van der Waals surface area contributed by atoms with Crippen LogP contribution in [0.25, 0.3) is 10.9 Å². The molecule has 2 N–H and O–H groups in total. The second kappa shape index (κ2) is 7.77. The Balaban J connectivity index is 1.85. The fourth-order valence-corrected chi connectivity index (χ4v) is 2.21. The molecule has 0 saturated carbocycles. The first-order valence-corrected chi connectivity index (χ1v) is 7.05. The van der Waals surface area contributed by atoms with Crippen LogP contribution in [0.4, 0.5) is 0 Å². The topological polar surface area (TPSA) is 46.2 Å². The van der Waals surface area contributed by atoms with Crippen molar-refractivity contribution in [3.63, 3.8) is 0 Å². The number of nitrogens with zero attached hydrogens (tertiary/aromatic N) is 1. The van der Waals surface area contributed by atoms with Crippen LogP contribution < -0.4 is 10.6 Å². The van der Waals surface area contributed by atoms with Crippen LogP contribution in [0.2, 0.25) is 0 Å². The van der Waals surface area contributed by atoms with Gasteiger partial charge in [-0.1, -0.05) is 24.3 Å². The predicted octanol–water partition coefficient (Wildman–Crippen LogP) is 1.89. The molecule has 0 fully saturated rings. The molecule has 0 spiro atoms. The van der Waals surface area contributed by atoms with Gasteiger partial charge in [0.05, 0.1) is 12.1 Å². The Morgan fingerprint density at radius 3 is 2.85 bits per heavy atom. The molecular formula is C15H19N3OS. The van der Waals surface area contributed by atoms with E-state index in [1.807, 2.05) is 12.3 Å². The summed E-state index contributed by atoms with van der Waals surface area (Å²) in [6, 6.07) is 10.3. The summed E-state index contributed by atoms with van der Waals surface area (Å²) in [5.74, 6) is 0. The van der Waals surface area contributed by atoms with Gasteiger partial charge < -0.3 is 15.4 Å².